The van der Waals surface area contributed by atoms with Crippen molar-refractivity contribution < 1.29 is 4.74 Å². The lowest BCUT2D eigenvalue weighted by Crippen LogP contribution is -2.46. The molecule has 3 atom stereocenters. The van der Waals surface area contributed by atoms with Crippen LogP contribution in [0.25, 0.3) is 0 Å². The Balaban J connectivity index is 0.00000324. The molecule has 19 heavy (non-hydrogen) atoms. The van der Waals surface area contributed by atoms with E-state index in [1.54, 1.807) is 7.11 Å². The van der Waals surface area contributed by atoms with Gasteiger partial charge < -0.3 is 15.4 Å². The van der Waals surface area contributed by atoms with Gasteiger partial charge in [-0.05, 0) is 25.2 Å². The van der Waals surface area contributed by atoms with Crippen LogP contribution in [0, 0.1) is 11.8 Å². The minimum atomic E-state index is 0. The summed E-state index contributed by atoms with van der Waals surface area (Å²) in [7, 11) is 3.54. The van der Waals surface area contributed by atoms with Gasteiger partial charge in [0.1, 0.15) is 0 Å². The van der Waals surface area contributed by atoms with Gasteiger partial charge in [0.25, 0.3) is 0 Å². The minimum Gasteiger partial charge on any atom is -0.383 e. The fourth-order valence-electron chi connectivity index (χ4n) is 2.64. The first-order valence-corrected chi connectivity index (χ1v) is 7.13. The van der Waals surface area contributed by atoms with Crippen LogP contribution >= 0.6 is 24.0 Å². The molecule has 1 fully saturated rings. The summed E-state index contributed by atoms with van der Waals surface area (Å²) in [6, 6.07) is 0.282. The summed E-state index contributed by atoms with van der Waals surface area (Å²) >= 11 is 0. The number of aliphatic imine (C=N–C) groups is 1. The van der Waals surface area contributed by atoms with Crippen molar-refractivity contribution in [3.8, 4) is 0 Å². The standard InChI is InChI=1S/C14H29N3O.HI/c1-11-7-5-6-8-13(11)9-16-14(15-3)17-12(2)10-18-4;/h11-13H,5-10H2,1-4H3,(H2,15,16,17);1H. The first-order valence-electron chi connectivity index (χ1n) is 7.13. The molecule has 0 aliphatic heterocycles. The Morgan fingerprint density at radius 3 is 2.63 bits per heavy atom. The van der Waals surface area contributed by atoms with Crippen molar-refractivity contribution in [2.45, 2.75) is 45.6 Å². The summed E-state index contributed by atoms with van der Waals surface area (Å²) in [6.07, 6.45) is 5.50. The van der Waals surface area contributed by atoms with Crippen LogP contribution in [0.1, 0.15) is 39.5 Å². The van der Waals surface area contributed by atoms with E-state index in [1.807, 2.05) is 7.05 Å². The molecule has 0 saturated heterocycles. The third-order valence-electron chi connectivity index (χ3n) is 3.84. The van der Waals surface area contributed by atoms with Crippen molar-refractivity contribution in [3.05, 3.63) is 0 Å². The third-order valence-corrected chi connectivity index (χ3v) is 3.84. The number of hydrogen-bond donors (Lipinski definition) is 2. The molecule has 5 heteroatoms. The van der Waals surface area contributed by atoms with Crippen LogP contribution in [-0.4, -0.2) is 39.3 Å². The van der Waals surface area contributed by atoms with Crippen molar-refractivity contribution in [1.82, 2.24) is 10.6 Å². The first-order chi connectivity index (χ1) is 8.67. The van der Waals surface area contributed by atoms with E-state index >= 15 is 0 Å². The topological polar surface area (TPSA) is 45.7 Å². The average Bonchev–Trinajstić information content (AvgIpc) is 2.36. The highest BCUT2D eigenvalue weighted by atomic mass is 127. The van der Waals surface area contributed by atoms with Gasteiger partial charge >= 0.3 is 0 Å². The molecular weight excluding hydrogens is 353 g/mol. The Labute approximate surface area is 135 Å². The zero-order chi connectivity index (χ0) is 13.4. The molecule has 0 radical (unpaired) electrons. The van der Waals surface area contributed by atoms with E-state index in [0.717, 1.165) is 24.3 Å². The van der Waals surface area contributed by atoms with Crippen molar-refractivity contribution in [3.63, 3.8) is 0 Å². The lowest BCUT2D eigenvalue weighted by Gasteiger charge is -2.29. The van der Waals surface area contributed by atoms with E-state index < -0.39 is 0 Å². The monoisotopic (exact) mass is 383 g/mol. The lowest BCUT2D eigenvalue weighted by molar-refractivity contribution is 0.178. The minimum absolute atomic E-state index is 0. The summed E-state index contributed by atoms with van der Waals surface area (Å²) in [4.78, 5) is 4.26. The van der Waals surface area contributed by atoms with Crippen molar-refractivity contribution in [2.24, 2.45) is 16.8 Å². The molecule has 1 aliphatic carbocycles. The second-order valence-electron chi connectivity index (χ2n) is 5.48. The van der Waals surface area contributed by atoms with E-state index in [1.165, 1.54) is 25.7 Å². The molecule has 0 aromatic heterocycles. The van der Waals surface area contributed by atoms with Crippen LogP contribution in [0.5, 0.6) is 0 Å². The molecule has 0 spiro atoms. The summed E-state index contributed by atoms with van der Waals surface area (Å²) in [6.45, 7) is 6.19. The third kappa shape index (κ3) is 7.34. The molecular formula is C14H30IN3O. The molecule has 1 saturated carbocycles. The Hall–Kier alpha value is -0.0400. The number of nitrogens with one attached hydrogen (secondary N) is 2. The summed E-state index contributed by atoms with van der Waals surface area (Å²) in [5.74, 6) is 2.51. The SMILES string of the molecule is CN=C(NCC1CCCCC1C)NC(C)COC.I. The molecule has 0 aromatic carbocycles. The van der Waals surface area contributed by atoms with Crippen LogP contribution in [0.4, 0.5) is 0 Å². The van der Waals surface area contributed by atoms with Crippen LogP contribution in [0.2, 0.25) is 0 Å². The van der Waals surface area contributed by atoms with Gasteiger partial charge in [0.15, 0.2) is 5.96 Å². The fraction of sp³-hybridized carbons (Fsp3) is 0.929. The van der Waals surface area contributed by atoms with Crippen molar-refractivity contribution >= 4 is 29.9 Å². The number of nitrogens with zero attached hydrogens (tertiary/aromatic N) is 1. The van der Waals surface area contributed by atoms with E-state index in [4.69, 9.17) is 4.74 Å². The number of hydrogen-bond acceptors (Lipinski definition) is 2. The summed E-state index contributed by atoms with van der Waals surface area (Å²) in [5, 5.41) is 6.78. The van der Waals surface area contributed by atoms with Crippen LogP contribution in [0.15, 0.2) is 4.99 Å². The zero-order valence-corrected chi connectivity index (χ0v) is 15.1. The maximum Gasteiger partial charge on any atom is 0.191 e. The predicted molar refractivity (Wildman–Crippen MR) is 92.4 cm³/mol. The molecule has 3 unspecified atom stereocenters. The average molecular weight is 383 g/mol. The second kappa shape index (κ2) is 10.7. The Morgan fingerprint density at radius 1 is 1.37 bits per heavy atom. The fourth-order valence-corrected chi connectivity index (χ4v) is 2.64. The molecule has 1 aliphatic rings. The maximum absolute atomic E-state index is 5.12. The number of rotatable bonds is 5. The van der Waals surface area contributed by atoms with Crippen LogP contribution < -0.4 is 10.6 Å². The Kier molecular flexibility index (Phi) is 10.7. The van der Waals surface area contributed by atoms with Crippen LogP contribution in [-0.2, 0) is 4.74 Å². The van der Waals surface area contributed by atoms with Crippen molar-refractivity contribution in [2.75, 3.05) is 27.3 Å². The van der Waals surface area contributed by atoms with E-state index in [-0.39, 0.29) is 30.0 Å². The smallest absolute Gasteiger partial charge is 0.191 e. The van der Waals surface area contributed by atoms with E-state index in [9.17, 15) is 0 Å². The molecule has 0 amide bonds. The second-order valence-corrected chi connectivity index (χ2v) is 5.48. The summed E-state index contributed by atoms with van der Waals surface area (Å²) < 4.78 is 5.12. The van der Waals surface area contributed by atoms with E-state index in [0.29, 0.717) is 6.61 Å². The van der Waals surface area contributed by atoms with Gasteiger partial charge in [-0.25, -0.2) is 0 Å². The predicted octanol–water partition coefficient (Wildman–Crippen LogP) is 2.63. The number of guanidine groups is 1. The maximum atomic E-state index is 5.12. The van der Waals surface area contributed by atoms with Crippen molar-refractivity contribution in [1.29, 1.82) is 0 Å². The van der Waals surface area contributed by atoms with Gasteiger partial charge in [0.05, 0.1) is 6.61 Å². The first kappa shape index (κ1) is 19.0. The van der Waals surface area contributed by atoms with Gasteiger partial charge in [-0.2, -0.15) is 0 Å². The number of halogens is 1. The Bertz CT molecular complexity index is 261. The summed E-state index contributed by atoms with van der Waals surface area (Å²) in [5.41, 5.74) is 0. The normalized spacial score (nSPS) is 25.4. The Morgan fingerprint density at radius 2 is 2.05 bits per heavy atom. The highest BCUT2D eigenvalue weighted by Crippen LogP contribution is 2.28. The number of ether oxygens (including phenoxy) is 1. The molecule has 2 N–H and O–H groups in total. The molecule has 0 bridgehead atoms. The molecule has 114 valence electrons. The molecule has 4 nitrogen and oxygen atoms in total. The van der Waals surface area contributed by atoms with Gasteiger partial charge in [0, 0.05) is 26.7 Å². The van der Waals surface area contributed by atoms with Crippen LogP contribution in [0.3, 0.4) is 0 Å². The molecule has 0 heterocycles. The quantitative estimate of drug-likeness (QED) is 0.436. The van der Waals surface area contributed by atoms with Gasteiger partial charge in [0.2, 0.25) is 0 Å². The van der Waals surface area contributed by atoms with E-state index in [2.05, 4.69) is 29.5 Å². The van der Waals surface area contributed by atoms with Gasteiger partial charge in [-0.1, -0.05) is 26.2 Å². The zero-order valence-electron chi connectivity index (χ0n) is 12.7. The van der Waals surface area contributed by atoms with Gasteiger partial charge in [-0.15, -0.1) is 24.0 Å². The largest absolute Gasteiger partial charge is 0.383 e. The van der Waals surface area contributed by atoms with Gasteiger partial charge in [-0.3, -0.25) is 4.99 Å². The lowest BCUT2D eigenvalue weighted by atomic mass is 9.80. The highest BCUT2D eigenvalue weighted by molar-refractivity contribution is 14.0. The molecule has 1 rings (SSSR count). The molecule has 0 aromatic rings. The number of methoxy groups -OCH3 is 1. The highest BCUT2D eigenvalue weighted by Gasteiger charge is 2.21.